The predicted octanol–water partition coefficient (Wildman–Crippen LogP) is 1.62. The number of aromatic nitrogens is 1. The molecule has 0 bridgehead atoms. The van der Waals surface area contributed by atoms with Gasteiger partial charge in [-0.05, 0) is 11.6 Å². The molecule has 0 amide bonds. The molecule has 0 radical (unpaired) electrons. The molecule has 4 nitrogen and oxygen atoms in total. The number of aliphatic imine (C=N–C) groups is 1. The number of pyridine rings is 1. The largest absolute Gasteiger partial charge is 0.459 e. The van der Waals surface area contributed by atoms with E-state index in [0.717, 1.165) is 11.3 Å². The number of carbonyl (C=O) groups is 1. The van der Waals surface area contributed by atoms with Crippen LogP contribution in [-0.4, -0.2) is 23.3 Å². The summed E-state index contributed by atoms with van der Waals surface area (Å²) in [7, 11) is 0. The molecule has 1 aliphatic rings. The molecule has 0 unspecified atom stereocenters. The Bertz CT molecular complexity index is 400. The summed E-state index contributed by atoms with van der Waals surface area (Å²) in [5, 5.41) is 0.464. The van der Waals surface area contributed by atoms with Crippen molar-refractivity contribution in [3.05, 3.63) is 29.0 Å². The summed E-state index contributed by atoms with van der Waals surface area (Å²) < 4.78 is 4.77. The Hall–Kier alpha value is -1.42. The van der Waals surface area contributed by atoms with Gasteiger partial charge in [-0.3, -0.25) is 9.79 Å². The van der Waals surface area contributed by atoms with Crippen molar-refractivity contribution in [2.24, 2.45) is 4.99 Å². The Morgan fingerprint density at radius 1 is 1.53 bits per heavy atom. The highest BCUT2D eigenvalue weighted by Crippen LogP contribution is 2.08. The van der Waals surface area contributed by atoms with Gasteiger partial charge in [0, 0.05) is 6.20 Å². The fourth-order valence-corrected chi connectivity index (χ4v) is 1.35. The minimum atomic E-state index is -0.206. The van der Waals surface area contributed by atoms with Gasteiger partial charge in [0.05, 0.1) is 18.7 Å². The maximum atomic E-state index is 10.8. The van der Waals surface area contributed by atoms with Crippen LogP contribution in [0.15, 0.2) is 23.3 Å². The average Bonchev–Trinajstić information content (AvgIpc) is 2.64. The van der Waals surface area contributed by atoms with E-state index in [1.54, 1.807) is 12.3 Å². The van der Waals surface area contributed by atoms with E-state index in [1.165, 1.54) is 0 Å². The first-order valence-corrected chi connectivity index (χ1v) is 4.90. The van der Waals surface area contributed by atoms with Crippen molar-refractivity contribution in [1.29, 1.82) is 0 Å². The molecule has 0 aliphatic carbocycles. The molecular formula is C10H9ClN2O2. The molecule has 15 heavy (non-hydrogen) atoms. The first-order valence-electron chi connectivity index (χ1n) is 4.52. The van der Waals surface area contributed by atoms with Gasteiger partial charge >= 0.3 is 5.97 Å². The summed E-state index contributed by atoms with van der Waals surface area (Å²) in [6.07, 6.45) is 1.98. The molecule has 1 aromatic rings. The molecular weight excluding hydrogens is 216 g/mol. The van der Waals surface area contributed by atoms with Gasteiger partial charge in [-0.25, -0.2) is 4.98 Å². The van der Waals surface area contributed by atoms with Crippen molar-refractivity contribution in [2.45, 2.75) is 13.0 Å². The lowest BCUT2D eigenvalue weighted by atomic mass is 10.3. The van der Waals surface area contributed by atoms with E-state index in [2.05, 4.69) is 9.98 Å². The third kappa shape index (κ3) is 2.76. The molecule has 1 aliphatic heterocycles. The fraction of sp³-hybridized carbons (Fsp3) is 0.300. The van der Waals surface area contributed by atoms with E-state index < -0.39 is 0 Å². The molecule has 0 atom stereocenters. The number of esters is 1. The number of cyclic esters (lactones) is 1. The van der Waals surface area contributed by atoms with Crippen LogP contribution in [0.1, 0.15) is 12.0 Å². The summed E-state index contributed by atoms with van der Waals surface area (Å²) in [6.45, 7) is 0.829. The number of ether oxygens (including phenoxy) is 1. The lowest BCUT2D eigenvalue weighted by molar-refractivity contribution is -0.137. The van der Waals surface area contributed by atoms with Crippen LogP contribution in [-0.2, 0) is 16.1 Å². The summed E-state index contributed by atoms with van der Waals surface area (Å²) >= 11 is 5.65. The molecule has 0 N–H and O–H groups in total. The van der Waals surface area contributed by atoms with Gasteiger partial charge in [0.25, 0.3) is 0 Å². The molecule has 1 saturated heterocycles. The lowest BCUT2D eigenvalue weighted by Gasteiger charge is -1.96. The van der Waals surface area contributed by atoms with Crippen molar-refractivity contribution in [2.75, 3.05) is 6.61 Å². The third-order valence-electron chi connectivity index (χ3n) is 2.02. The van der Waals surface area contributed by atoms with Crippen LogP contribution >= 0.6 is 11.6 Å². The van der Waals surface area contributed by atoms with E-state index in [0.29, 0.717) is 24.7 Å². The lowest BCUT2D eigenvalue weighted by Crippen LogP contribution is -1.97. The number of nitrogens with zero attached hydrogens (tertiary/aromatic N) is 2. The second kappa shape index (κ2) is 4.40. The van der Waals surface area contributed by atoms with Gasteiger partial charge in [0.15, 0.2) is 0 Å². The van der Waals surface area contributed by atoms with Gasteiger partial charge in [0.1, 0.15) is 11.8 Å². The maximum absolute atomic E-state index is 10.8. The predicted molar refractivity (Wildman–Crippen MR) is 56.0 cm³/mol. The summed E-state index contributed by atoms with van der Waals surface area (Å²) in [6, 6.07) is 3.57. The number of carbonyl (C=O) groups excluding carboxylic acids is 1. The van der Waals surface area contributed by atoms with Crippen molar-refractivity contribution in [3.63, 3.8) is 0 Å². The second-order valence-electron chi connectivity index (χ2n) is 3.21. The van der Waals surface area contributed by atoms with E-state index in [9.17, 15) is 4.79 Å². The average molecular weight is 225 g/mol. The Kier molecular flexibility index (Phi) is 2.97. The number of hydrogen-bond donors (Lipinski definition) is 0. The summed E-state index contributed by atoms with van der Waals surface area (Å²) in [4.78, 5) is 19.0. The molecule has 0 saturated carbocycles. The molecule has 5 heteroatoms. The zero-order valence-corrected chi connectivity index (χ0v) is 8.70. The van der Waals surface area contributed by atoms with Gasteiger partial charge < -0.3 is 4.74 Å². The maximum Gasteiger partial charge on any atom is 0.312 e. The van der Waals surface area contributed by atoms with Crippen LogP contribution in [0.3, 0.4) is 0 Å². The molecule has 1 fully saturated rings. The second-order valence-corrected chi connectivity index (χ2v) is 3.60. The zero-order chi connectivity index (χ0) is 10.7. The van der Waals surface area contributed by atoms with E-state index in [-0.39, 0.29) is 5.97 Å². The van der Waals surface area contributed by atoms with E-state index in [4.69, 9.17) is 16.3 Å². The fourth-order valence-electron chi connectivity index (χ4n) is 1.24. The smallest absolute Gasteiger partial charge is 0.312 e. The van der Waals surface area contributed by atoms with E-state index in [1.807, 2.05) is 6.07 Å². The van der Waals surface area contributed by atoms with Crippen molar-refractivity contribution < 1.29 is 9.53 Å². The van der Waals surface area contributed by atoms with Crippen LogP contribution < -0.4 is 0 Å². The molecule has 2 heterocycles. The third-order valence-corrected chi connectivity index (χ3v) is 2.25. The van der Waals surface area contributed by atoms with Crippen LogP contribution in [0.4, 0.5) is 0 Å². The first kappa shape index (κ1) is 10.1. The molecule has 2 rings (SSSR count). The quantitative estimate of drug-likeness (QED) is 0.567. The number of hydrogen-bond acceptors (Lipinski definition) is 4. The SMILES string of the molecule is O=C1CC(=NCc2ccc(Cl)nc2)CO1. The standard InChI is InChI=1S/C10H9ClN2O2/c11-9-2-1-7(5-13-9)4-12-8-3-10(14)15-6-8/h1-2,5H,3-4,6H2. The monoisotopic (exact) mass is 224 g/mol. The highest BCUT2D eigenvalue weighted by atomic mass is 35.5. The van der Waals surface area contributed by atoms with Crippen molar-refractivity contribution in [1.82, 2.24) is 4.98 Å². The highest BCUT2D eigenvalue weighted by molar-refractivity contribution is 6.29. The van der Waals surface area contributed by atoms with Crippen LogP contribution in [0.2, 0.25) is 5.15 Å². The topological polar surface area (TPSA) is 51.5 Å². The summed E-state index contributed by atoms with van der Waals surface area (Å²) in [5.41, 5.74) is 1.75. The van der Waals surface area contributed by atoms with Crippen LogP contribution in [0.5, 0.6) is 0 Å². The Labute approximate surface area is 91.9 Å². The van der Waals surface area contributed by atoms with Crippen molar-refractivity contribution >= 4 is 23.3 Å². The number of rotatable bonds is 2. The first-order chi connectivity index (χ1) is 7.24. The van der Waals surface area contributed by atoms with E-state index >= 15 is 0 Å². The molecule has 0 spiro atoms. The van der Waals surface area contributed by atoms with Gasteiger partial charge in [-0.1, -0.05) is 17.7 Å². The Balaban J connectivity index is 1.98. The van der Waals surface area contributed by atoms with Crippen LogP contribution in [0.25, 0.3) is 0 Å². The van der Waals surface area contributed by atoms with Gasteiger partial charge in [0.2, 0.25) is 0 Å². The Morgan fingerprint density at radius 2 is 2.40 bits per heavy atom. The normalized spacial score (nSPS) is 18.2. The highest BCUT2D eigenvalue weighted by Gasteiger charge is 2.17. The molecule has 0 aromatic carbocycles. The molecule has 1 aromatic heterocycles. The van der Waals surface area contributed by atoms with Crippen LogP contribution in [0, 0.1) is 0 Å². The zero-order valence-electron chi connectivity index (χ0n) is 7.94. The minimum Gasteiger partial charge on any atom is -0.459 e. The Morgan fingerprint density at radius 3 is 3.00 bits per heavy atom. The molecule has 78 valence electrons. The van der Waals surface area contributed by atoms with Crippen molar-refractivity contribution in [3.8, 4) is 0 Å². The number of halogens is 1. The minimum absolute atomic E-state index is 0.206. The van der Waals surface area contributed by atoms with Gasteiger partial charge in [-0.2, -0.15) is 0 Å². The summed E-state index contributed by atoms with van der Waals surface area (Å²) in [5.74, 6) is -0.206. The van der Waals surface area contributed by atoms with Gasteiger partial charge in [-0.15, -0.1) is 0 Å².